The minimum atomic E-state index is -1.03. The molecule has 33 heavy (non-hydrogen) atoms. The number of phenols is 1. The van der Waals surface area contributed by atoms with Gasteiger partial charge in [0, 0.05) is 42.5 Å². The molecule has 2 heterocycles. The summed E-state index contributed by atoms with van der Waals surface area (Å²) in [7, 11) is 2.05. The molecule has 2 fully saturated rings. The molecule has 3 aliphatic carbocycles. The molecule has 2 bridgehead atoms. The fourth-order valence-corrected chi connectivity index (χ4v) is 7.71. The number of aromatic nitrogens is 1. The van der Waals surface area contributed by atoms with Crippen LogP contribution in [0.15, 0.2) is 29.1 Å². The number of phenolic OH excluding ortho intramolecular Hbond substituents is 1. The van der Waals surface area contributed by atoms with Gasteiger partial charge in [-0.1, -0.05) is 19.9 Å². The second kappa shape index (κ2) is 6.48. The average Bonchev–Trinajstić information content (AvgIpc) is 3.09. The lowest BCUT2D eigenvalue weighted by atomic mass is 9.55. The standard InChI is InChI=1S/C26H31N3O4/c1-14(2)6-7-27-21(31)17-8-15-10-26(33)23-24(13-29(23)3)12-25(26,11-20(15)28-22(17)32)19-9-16(30)4-5-18(19)24/h4-5,8-9,14,23,30,33H,6-7,10-13H2,1-3H3,(H,27,31)(H,28,32)/t23-,24?,25+,26-/m1/s1. The molecular weight excluding hydrogens is 418 g/mol. The van der Waals surface area contributed by atoms with Crippen LogP contribution in [0.5, 0.6) is 5.75 Å². The van der Waals surface area contributed by atoms with Crippen LogP contribution in [-0.2, 0) is 23.7 Å². The van der Waals surface area contributed by atoms with Crippen LogP contribution < -0.4 is 10.9 Å². The molecule has 1 aliphatic heterocycles. The zero-order valence-corrected chi connectivity index (χ0v) is 19.4. The largest absolute Gasteiger partial charge is 0.508 e. The number of likely N-dealkylation sites (tertiary alicyclic amines) is 1. The molecule has 0 radical (unpaired) electrons. The summed E-state index contributed by atoms with van der Waals surface area (Å²) < 4.78 is 0. The normalized spacial score (nSPS) is 33.2. The van der Waals surface area contributed by atoms with E-state index in [2.05, 4.69) is 36.1 Å². The first kappa shape index (κ1) is 20.9. The van der Waals surface area contributed by atoms with Crippen molar-refractivity contribution in [3.63, 3.8) is 0 Å². The number of hydrogen-bond donors (Lipinski definition) is 4. The van der Waals surface area contributed by atoms with Crippen LogP contribution in [0.2, 0.25) is 0 Å². The third-order valence-corrected chi connectivity index (χ3v) is 8.85. The highest BCUT2D eigenvalue weighted by molar-refractivity contribution is 5.94. The summed E-state index contributed by atoms with van der Waals surface area (Å²) in [5.74, 6) is 0.295. The Hall–Kier alpha value is -2.64. The number of aliphatic hydroxyl groups is 1. The van der Waals surface area contributed by atoms with Gasteiger partial charge in [0.1, 0.15) is 11.3 Å². The van der Waals surface area contributed by atoms with Gasteiger partial charge in [-0.25, -0.2) is 0 Å². The molecule has 1 amide bonds. The first-order chi connectivity index (χ1) is 15.6. The van der Waals surface area contributed by atoms with Crippen LogP contribution in [0.25, 0.3) is 0 Å². The average molecular weight is 450 g/mol. The number of benzene rings is 1. The van der Waals surface area contributed by atoms with Gasteiger partial charge in [0.05, 0.1) is 11.6 Å². The number of H-pyrrole nitrogens is 1. The molecule has 2 spiro atoms. The number of rotatable bonds is 4. The zero-order chi connectivity index (χ0) is 23.3. The van der Waals surface area contributed by atoms with Gasteiger partial charge in [-0.3, -0.25) is 14.5 Å². The Morgan fingerprint density at radius 1 is 1.27 bits per heavy atom. The van der Waals surface area contributed by atoms with Crippen molar-refractivity contribution in [2.75, 3.05) is 20.1 Å². The number of nitrogens with zero attached hydrogens (tertiary/aromatic N) is 1. The number of carbonyl (C=O) groups excluding carboxylic acids is 1. The summed E-state index contributed by atoms with van der Waals surface area (Å²) in [6.45, 7) is 5.57. The Kier molecular flexibility index (Phi) is 4.11. The van der Waals surface area contributed by atoms with Gasteiger partial charge in [0.25, 0.3) is 11.5 Å². The van der Waals surface area contributed by atoms with E-state index in [0.29, 0.717) is 25.3 Å². The number of amides is 1. The fraction of sp³-hybridized carbons (Fsp3) is 0.538. The second-order valence-electron chi connectivity index (χ2n) is 11.2. The Balaban J connectivity index is 1.43. The molecule has 1 saturated heterocycles. The lowest BCUT2D eigenvalue weighted by molar-refractivity contribution is -0.126. The molecule has 1 unspecified atom stereocenters. The number of hydrogen-bond acceptors (Lipinski definition) is 5. The number of likely N-dealkylation sites (N-methyl/N-ethyl adjacent to an activating group) is 1. The van der Waals surface area contributed by atoms with Gasteiger partial charge in [-0.15, -0.1) is 0 Å². The Morgan fingerprint density at radius 2 is 2.06 bits per heavy atom. The Morgan fingerprint density at radius 3 is 2.79 bits per heavy atom. The topological polar surface area (TPSA) is 106 Å². The van der Waals surface area contributed by atoms with Crippen LogP contribution in [-0.4, -0.2) is 57.8 Å². The molecule has 4 atom stereocenters. The number of fused-ring (bicyclic) bond motifs is 3. The quantitative estimate of drug-likeness (QED) is 0.567. The van der Waals surface area contributed by atoms with Crippen molar-refractivity contribution in [2.45, 2.75) is 62.0 Å². The molecule has 4 N–H and O–H groups in total. The summed E-state index contributed by atoms with van der Waals surface area (Å²) in [4.78, 5) is 30.8. The fourth-order valence-electron chi connectivity index (χ4n) is 7.71. The molecule has 4 aliphatic rings. The van der Waals surface area contributed by atoms with Crippen LogP contribution in [0.4, 0.5) is 0 Å². The number of carbonyl (C=O) groups is 1. The monoisotopic (exact) mass is 449 g/mol. The SMILES string of the molecule is CC(C)CCNC(=O)c1cc2c([nH]c1=O)C[C@@]13CC4(CN(C)[C@H]4[C@]1(O)C2)c1ccc(O)cc13. The molecule has 174 valence electrons. The van der Waals surface area contributed by atoms with Crippen LogP contribution in [0, 0.1) is 5.92 Å². The summed E-state index contributed by atoms with van der Waals surface area (Å²) in [6, 6.07) is 7.22. The number of pyridine rings is 1. The Bertz CT molecular complexity index is 1250. The molecule has 1 aromatic heterocycles. The van der Waals surface area contributed by atoms with Crippen molar-refractivity contribution in [2.24, 2.45) is 5.92 Å². The predicted octanol–water partition coefficient (Wildman–Crippen LogP) is 1.59. The van der Waals surface area contributed by atoms with E-state index in [1.54, 1.807) is 12.1 Å². The minimum absolute atomic E-state index is 0.0227. The second-order valence-corrected chi connectivity index (χ2v) is 11.2. The lowest BCUT2D eigenvalue weighted by Crippen LogP contribution is -2.74. The van der Waals surface area contributed by atoms with Gasteiger partial charge < -0.3 is 20.5 Å². The van der Waals surface area contributed by atoms with Crippen molar-refractivity contribution in [1.29, 1.82) is 0 Å². The number of aromatic amines is 1. The third kappa shape index (κ3) is 2.47. The molecule has 2 aromatic rings. The van der Waals surface area contributed by atoms with E-state index in [-0.39, 0.29) is 34.2 Å². The van der Waals surface area contributed by atoms with Crippen molar-refractivity contribution in [3.8, 4) is 5.75 Å². The van der Waals surface area contributed by atoms with Gasteiger partial charge in [0.2, 0.25) is 0 Å². The molecule has 1 aromatic carbocycles. The number of nitrogens with one attached hydrogen (secondary N) is 2. The van der Waals surface area contributed by atoms with Crippen molar-refractivity contribution in [1.82, 2.24) is 15.2 Å². The molecular formula is C26H31N3O4. The van der Waals surface area contributed by atoms with E-state index in [0.717, 1.165) is 36.2 Å². The summed E-state index contributed by atoms with van der Waals surface area (Å²) in [5, 5.41) is 25.4. The van der Waals surface area contributed by atoms with E-state index in [1.165, 1.54) is 5.56 Å². The maximum absolute atomic E-state index is 12.9. The molecule has 6 rings (SSSR count). The van der Waals surface area contributed by atoms with Crippen LogP contribution >= 0.6 is 0 Å². The van der Waals surface area contributed by atoms with E-state index in [4.69, 9.17) is 0 Å². The predicted molar refractivity (Wildman–Crippen MR) is 124 cm³/mol. The van der Waals surface area contributed by atoms with Crippen molar-refractivity contribution >= 4 is 5.91 Å². The first-order valence-electron chi connectivity index (χ1n) is 11.9. The van der Waals surface area contributed by atoms with Crippen molar-refractivity contribution < 1.29 is 15.0 Å². The summed E-state index contributed by atoms with van der Waals surface area (Å²) in [6.07, 6.45) is 2.52. The van der Waals surface area contributed by atoms with Gasteiger partial charge in [-0.05, 0) is 60.7 Å². The van der Waals surface area contributed by atoms with Gasteiger partial charge >= 0.3 is 0 Å². The van der Waals surface area contributed by atoms with Crippen LogP contribution in [0.1, 0.15) is 59.4 Å². The van der Waals surface area contributed by atoms with E-state index >= 15 is 0 Å². The van der Waals surface area contributed by atoms with Crippen LogP contribution in [0.3, 0.4) is 0 Å². The maximum Gasteiger partial charge on any atom is 0.261 e. The highest BCUT2D eigenvalue weighted by Gasteiger charge is 2.80. The summed E-state index contributed by atoms with van der Waals surface area (Å²) in [5.41, 5.74) is 1.85. The number of aromatic hydroxyl groups is 1. The van der Waals surface area contributed by atoms with Gasteiger partial charge in [0.15, 0.2) is 0 Å². The van der Waals surface area contributed by atoms with E-state index < -0.39 is 11.0 Å². The molecule has 7 heteroatoms. The highest BCUT2D eigenvalue weighted by Crippen LogP contribution is 2.72. The zero-order valence-electron chi connectivity index (χ0n) is 19.4. The Labute approximate surface area is 192 Å². The highest BCUT2D eigenvalue weighted by atomic mass is 16.3. The van der Waals surface area contributed by atoms with Crippen molar-refractivity contribution in [3.05, 3.63) is 62.6 Å². The molecule has 1 saturated carbocycles. The minimum Gasteiger partial charge on any atom is -0.508 e. The first-order valence-corrected chi connectivity index (χ1v) is 11.9. The summed E-state index contributed by atoms with van der Waals surface area (Å²) >= 11 is 0. The maximum atomic E-state index is 12.9. The molecule has 7 nitrogen and oxygen atoms in total. The lowest BCUT2D eigenvalue weighted by Gasteiger charge is -2.61. The van der Waals surface area contributed by atoms with E-state index in [1.807, 2.05) is 12.1 Å². The van der Waals surface area contributed by atoms with E-state index in [9.17, 15) is 19.8 Å². The smallest absolute Gasteiger partial charge is 0.261 e. The van der Waals surface area contributed by atoms with Gasteiger partial charge in [-0.2, -0.15) is 0 Å². The third-order valence-electron chi connectivity index (χ3n) is 8.85.